The maximum absolute atomic E-state index is 12.1. The molecule has 2 amide bonds. The summed E-state index contributed by atoms with van der Waals surface area (Å²) in [6.07, 6.45) is 1.40. The van der Waals surface area contributed by atoms with E-state index in [1.165, 1.54) is 0 Å². The lowest BCUT2D eigenvalue weighted by Gasteiger charge is -2.20. The van der Waals surface area contributed by atoms with Crippen molar-refractivity contribution in [2.45, 2.75) is 19.8 Å². The first-order valence-corrected chi connectivity index (χ1v) is 8.00. The van der Waals surface area contributed by atoms with Gasteiger partial charge in [0.25, 0.3) is 0 Å². The Balaban J connectivity index is 1.76. The lowest BCUT2D eigenvalue weighted by molar-refractivity contribution is -0.128. The number of amides is 2. The quantitative estimate of drug-likeness (QED) is 0.895. The molecule has 1 fully saturated rings. The molecule has 2 rings (SSSR count). The summed E-state index contributed by atoms with van der Waals surface area (Å²) in [4.78, 5) is 27.6. The van der Waals surface area contributed by atoms with Gasteiger partial charge in [0.05, 0.1) is 7.11 Å². The van der Waals surface area contributed by atoms with E-state index in [1.807, 2.05) is 23.1 Å². The summed E-state index contributed by atoms with van der Waals surface area (Å²) in [7, 11) is 1.60. The van der Waals surface area contributed by atoms with Crippen molar-refractivity contribution in [3.05, 3.63) is 24.3 Å². The number of anilines is 1. The van der Waals surface area contributed by atoms with Gasteiger partial charge in [0.2, 0.25) is 11.8 Å². The van der Waals surface area contributed by atoms with Crippen molar-refractivity contribution in [2.24, 2.45) is 0 Å². The van der Waals surface area contributed by atoms with Gasteiger partial charge in [-0.2, -0.15) is 0 Å². The Labute approximate surface area is 137 Å². The maximum Gasteiger partial charge on any atom is 0.225 e. The molecule has 1 saturated heterocycles. The molecule has 1 heterocycles. The number of carbonyl (C=O) groups is 2. The summed E-state index contributed by atoms with van der Waals surface area (Å²) in [5, 5.41) is 2.89. The molecule has 1 aliphatic heterocycles. The van der Waals surface area contributed by atoms with Crippen LogP contribution in [0.15, 0.2) is 24.3 Å². The van der Waals surface area contributed by atoms with E-state index in [9.17, 15) is 9.59 Å². The van der Waals surface area contributed by atoms with Gasteiger partial charge in [-0.1, -0.05) is 6.07 Å². The fraction of sp³-hybridized carbons (Fsp3) is 0.529. The maximum atomic E-state index is 12.1. The first kappa shape index (κ1) is 17.3. The van der Waals surface area contributed by atoms with E-state index in [1.54, 1.807) is 20.1 Å². The van der Waals surface area contributed by atoms with Crippen LogP contribution in [0.1, 0.15) is 19.8 Å². The Hall–Kier alpha value is -2.08. The van der Waals surface area contributed by atoms with Crippen LogP contribution in [-0.2, 0) is 9.59 Å². The molecule has 0 spiro atoms. The number of nitrogens with zero attached hydrogens (tertiary/aromatic N) is 2. The molecule has 1 aliphatic rings. The lowest BCUT2D eigenvalue weighted by Crippen LogP contribution is -2.34. The molecule has 0 aliphatic carbocycles. The summed E-state index contributed by atoms with van der Waals surface area (Å²) in [5.41, 5.74) is 0.743. The predicted molar refractivity (Wildman–Crippen MR) is 89.6 cm³/mol. The van der Waals surface area contributed by atoms with Crippen LogP contribution in [-0.4, -0.2) is 61.4 Å². The summed E-state index contributed by atoms with van der Waals surface area (Å²) >= 11 is 0. The molecule has 0 unspecified atom stereocenters. The second-order valence-corrected chi connectivity index (χ2v) is 5.73. The van der Waals surface area contributed by atoms with Crippen LogP contribution < -0.4 is 10.1 Å². The highest BCUT2D eigenvalue weighted by atomic mass is 16.5. The Morgan fingerprint density at radius 3 is 2.78 bits per heavy atom. The fourth-order valence-corrected chi connectivity index (χ4v) is 2.69. The van der Waals surface area contributed by atoms with Crippen molar-refractivity contribution in [3.63, 3.8) is 0 Å². The van der Waals surface area contributed by atoms with E-state index in [0.29, 0.717) is 13.0 Å². The third kappa shape index (κ3) is 5.56. The molecule has 0 bridgehead atoms. The van der Waals surface area contributed by atoms with Gasteiger partial charge in [0.1, 0.15) is 5.75 Å². The minimum absolute atomic E-state index is 0.00840. The number of carbonyl (C=O) groups excluding carboxylic acids is 2. The molecule has 0 atom stereocenters. The Morgan fingerprint density at radius 2 is 2.04 bits per heavy atom. The van der Waals surface area contributed by atoms with Gasteiger partial charge in [-0.3, -0.25) is 9.59 Å². The number of benzene rings is 1. The van der Waals surface area contributed by atoms with Crippen molar-refractivity contribution in [2.75, 3.05) is 45.2 Å². The first-order valence-electron chi connectivity index (χ1n) is 8.00. The number of methoxy groups -OCH3 is 1. The molecule has 1 N–H and O–H groups in total. The standard InChI is InChI=1S/C17H25N3O3/c1-14(21)20-9-4-8-19(11-12-20)10-7-17(22)18-15-5-3-6-16(13-15)23-2/h3,5-6,13H,4,7-12H2,1-2H3,(H,18,22). The highest BCUT2D eigenvalue weighted by molar-refractivity contribution is 5.91. The first-order chi connectivity index (χ1) is 11.1. The summed E-state index contributed by atoms with van der Waals surface area (Å²) in [6, 6.07) is 7.33. The second-order valence-electron chi connectivity index (χ2n) is 5.73. The van der Waals surface area contributed by atoms with E-state index < -0.39 is 0 Å². The molecule has 0 aromatic heterocycles. The molecule has 1 aromatic rings. The van der Waals surface area contributed by atoms with Crippen molar-refractivity contribution in [1.29, 1.82) is 0 Å². The normalized spacial score (nSPS) is 15.8. The van der Waals surface area contributed by atoms with Crippen LogP contribution in [0.25, 0.3) is 0 Å². The third-order valence-corrected chi connectivity index (χ3v) is 4.04. The molecule has 1 aromatic carbocycles. The van der Waals surface area contributed by atoms with Gasteiger partial charge >= 0.3 is 0 Å². The number of rotatable bonds is 5. The molecule has 6 heteroatoms. The van der Waals surface area contributed by atoms with Crippen LogP contribution in [0, 0.1) is 0 Å². The lowest BCUT2D eigenvalue weighted by atomic mass is 10.2. The van der Waals surface area contributed by atoms with E-state index in [2.05, 4.69) is 10.2 Å². The van der Waals surface area contributed by atoms with E-state index >= 15 is 0 Å². The molecular weight excluding hydrogens is 294 g/mol. The zero-order valence-electron chi connectivity index (χ0n) is 13.9. The van der Waals surface area contributed by atoms with Gasteiger partial charge < -0.3 is 19.9 Å². The number of hydrogen-bond acceptors (Lipinski definition) is 4. The number of ether oxygens (including phenoxy) is 1. The molecular formula is C17H25N3O3. The minimum atomic E-state index is -0.00840. The van der Waals surface area contributed by atoms with Crippen LogP contribution in [0.5, 0.6) is 5.75 Å². The van der Waals surface area contributed by atoms with Crippen LogP contribution in [0.4, 0.5) is 5.69 Å². The summed E-state index contributed by atoms with van der Waals surface area (Å²) < 4.78 is 5.14. The van der Waals surface area contributed by atoms with Crippen molar-refractivity contribution in [3.8, 4) is 5.75 Å². The third-order valence-electron chi connectivity index (χ3n) is 4.04. The Morgan fingerprint density at radius 1 is 1.22 bits per heavy atom. The van der Waals surface area contributed by atoms with E-state index in [0.717, 1.165) is 44.0 Å². The highest BCUT2D eigenvalue weighted by Crippen LogP contribution is 2.16. The zero-order chi connectivity index (χ0) is 16.7. The van der Waals surface area contributed by atoms with Gasteiger partial charge in [-0.15, -0.1) is 0 Å². The van der Waals surface area contributed by atoms with Gasteiger partial charge in [-0.05, 0) is 25.1 Å². The van der Waals surface area contributed by atoms with Gasteiger partial charge in [-0.25, -0.2) is 0 Å². The summed E-state index contributed by atoms with van der Waals surface area (Å²) in [5.74, 6) is 0.841. The molecule has 0 radical (unpaired) electrons. The molecule has 126 valence electrons. The molecule has 0 saturated carbocycles. The topological polar surface area (TPSA) is 61.9 Å². The minimum Gasteiger partial charge on any atom is -0.497 e. The van der Waals surface area contributed by atoms with Crippen LogP contribution in [0.2, 0.25) is 0 Å². The van der Waals surface area contributed by atoms with Crippen molar-refractivity contribution < 1.29 is 14.3 Å². The SMILES string of the molecule is COc1cccc(NC(=O)CCN2CCCN(C(C)=O)CC2)c1. The monoisotopic (exact) mass is 319 g/mol. The predicted octanol–water partition coefficient (Wildman–Crippen LogP) is 1.58. The molecule has 6 nitrogen and oxygen atoms in total. The smallest absolute Gasteiger partial charge is 0.225 e. The van der Waals surface area contributed by atoms with Gasteiger partial charge in [0.15, 0.2) is 0 Å². The molecule has 23 heavy (non-hydrogen) atoms. The fourth-order valence-electron chi connectivity index (χ4n) is 2.69. The van der Waals surface area contributed by atoms with E-state index in [-0.39, 0.29) is 11.8 Å². The van der Waals surface area contributed by atoms with Crippen LogP contribution in [0.3, 0.4) is 0 Å². The highest BCUT2D eigenvalue weighted by Gasteiger charge is 2.17. The number of nitrogens with one attached hydrogen (secondary N) is 1. The second kappa shape index (κ2) is 8.53. The van der Waals surface area contributed by atoms with E-state index in [4.69, 9.17) is 4.74 Å². The Kier molecular flexibility index (Phi) is 6.40. The van der Waals surface area contributed by atoms with Gasteiger partial charge in [0, 0.05) is 51.3 Å². The van der Waals surface area contributed by atoms with Crippen molar-refractivity contribution in [1.82, 2.24) is 9.80 Å². The summed E-state index contributed by atoms with van der Waals surface area (Å²) in [6.45, 7) is 5.62. The van der Waals surface area contributed by atoms with Crippen molar-refractivity contribution >= 4 is 17.5 Å². The Bertz CT molecular complexity index is 548. The van der Waals surface area contributed by atoms with Crippen LogP contribution >= 0.6 is 0 Å². The average molecular weight is 319 g/mol. The average Bonchev–Trinajstić information content (AvgIpc) is 2.79. The zero-order valence-corrected chi connectivity index (χ0v) is 13.9. The largest absolute Gasteiger partial charge is 0.497 e. The number of hydrogen-bond donors (Lipinski definition) is 1.